The minimum absolute atomic E-state index is 0.0470. The lowest BCUT2D eigenvalue weighted by molar-refractivity contribution is -0.116. The van der Waals surface area contributed by atoms with Gasteiger partial charge in [0.25, 0.3) is 0 Å². The SMILES string of the molecule is Cc1ccc(C)c(S(=O)(=O)NCCC(=O)Nc2cccc(C(C)C)c2)c1. The van der Waals surface area contributed by atoms with Crippen LogP contribution in [-0.4, -0.2) is 20.9 Å². The number of nitrogens with one attached hydrogen (secondary N) is 2. The molecule has 2 aromatic carbocycles. The van der Waals surface area contributed by atoms with Gasteiger partial charge in [-0.25, -0.2) is 13.1 Å². The highest BCUT2D eigenvalue weighted by atomic mass is 32.2. The van der Waals surface area contributed by atoms with Crippen LogP contribution < -0.4 is 10.0 Å². The molecule has 2 aromatic rings. The van der Waals surface area contributed by atoms with Gasteiger partial charge in [-0.3, -0.25) is 4.79 Å². The summed E-state index contributed by atoms with van der Waals surface area (Å²) >= 11 is 0. The Hall–Kier alpha value is -2.18. The molecule has 0 unspecified atom stereocenters. The zero-order chi connectivity index (χ0) is 19.3. The first-order valence-electron chi connectivity index (χ1n) is 8.66. The van der Waals surface area contributed by atoms with Gasteiger partial charge in [0.1, 0.15) is 0 Å². The number of anilines is 1. The van der Waals surface area contributed by atoms with Crippen LogP contribution >= 0.6 is 0 Å². The molecule has 0 radical (unpaired) electrons. The van der Waals surface area contributed by atoms with Crippen LogP contribution in [-0.2, 0) is 14.8 Å². The third-order valence-electron chi connectivity index (χ3n) is 4.11. The van der Waals surface area contributed by atoms with Crippen molar-refractivity contribution >= 4 is 21.6 Å². The Bertz CT molecular complexity index is 890. The molecule has 2 rings (SSSR count). The van der Waals surface area contributed by atoms with Crippen LogP contribution in [0.25, 0.3) is 0 Å². The number of carbonyl (C=O) groups excluding carboxylic acids is 1. The molecule has 26 heavy (non-hydrogen) atoms. The summed E-state index contributed by atoms with van der Waals surface area (Å²) in [5.41, 5.74) is 3.41. The number of aryl methyl sites for hydroxylation is 2. The smallest absolute Gasteiger partial charge is 0.240 e. The Morgan fingerprint density at radius 3 is 2.50 bits per heavy atom. The van der Waals surface area contributed by atoms with Crippen LogP contribution in [0.4, 0.5) is 5.69 Å². The number of rotatable bonds is 7. The van der Waals surface area contributed by atoms with E-state index in [1.54, 1.807) is 19.1 Å². The number of hydrogen-bond donors (Lipinski definition) is 2. The van der Waals surface area contributed by atoms with Crippen LogP contribution in [0.3, 0.4) is 0 Å². The molecule has 0 bridgehead atoms. The van der Waals surface area contributed by atoms with Crippen molar-refractivity contribution in [3.63, 3.8) is 0 Å². The normalized spacial score (nSPS) is 11.6. The van der Waals surface area contributed by atoms with Gasteiger partial charge >= 0.3 is 0 Å². The Balaban J connectivity index is 1.93. The van der Waals surface area contributed by atoms with Crippen molar-refractivity contribution in [2.45, 2.75) is 44.9 Å². The molecule has 1 amide bonds. The van der Waals surface area contributed by atoms with Gasteiger partial charge < -0.3 is 5.32 Å². The quantitative estimate of drug-likeness (QED) is 0.775. The fourth-order valence-corrected chi connectivity index (χ4v) is 3.93. The number of hydrogen-bond acceptors (Lipinski definition) is 3. The van der Waals surface area contributed by atoms with Crippen LogP contribution in [0, 0.1) is 13.8 Å². The third kappa shape index (κ3) is 5.41. The highest BCUT2D eigenvalue weighted by molar-refractivity contribution is 7.89. The van der Waals surface area contributed by atoms with Gasteiger partial charge in [-0.15, -0.1) is 0 Å². The fraction of sp³-hybridized carbons (Fsp3) is 0.350. The van der Waals surface area contributed by atoms with E-state index in [1.165, 1.54) is 0 Å². The second-order valence-corrected chi connectivity index (χ2v) is 8.48. The molecule has 0 spiro atoms. The summed E-state index contributed by atoms with van der Waals surface area (Å²) in [7, 11) is -3.63. The van der Waals surface area contributed by atoms with Crippen molar-refractivity contribution in [1.29, 1.82) is 0 Å². The second kappa shape index (κ2) is 8.47. The maximum atomic E-state index is 12.4. The average molecular weight is 375 g/mol. The van der Waals surface area contributed by atoms with Gasteiger partial charge in [-0.05, 0) is 54.7 Å². The standard InChI is InChI=1S/C20H26N2O3S/c1-14(2)17-6-5-7-18(13-17)22-20(23)10-11-21-26(24,25)19-12-15(3)8-9-16(19)4/h5-9,12-14,21H,10-11H2,1-4H3,(H,22,23). The zero-order valence-electron chi connectivity index (χ0n) is 15.7. The van der Waals surface area contributed by atoms with Crippen molar-refractivity contribution in [2.75, 3.05) is 11.9 Å². The lowest BCUT2D eigenvalue weighted by Gasteiger charge is -2.11. The molecule has 0 saturated carbocycles. The first-order valence-corrected chi connectivity index (χ1v) is 10.1. The van der Waals surface area contributed by atoms with Gasteiger partial charge in [0.05, 0.1) is 4.90 Å². The van der Waals surface area contributed by atoms with Crippen molar-refractivity contribution in [3.8, 4) is 0 Å². The molecule has 2 N–H and O–H groups in total. The summed E-state index contributed by atoms with van der Waals surface area (Å²) in [6.45, 7) is 7.82. The van der Waals surface area contributed by atoms with E-state index in [1.807, 2.05) is 37.3 Å². The predicted octanol–water partition coefficient (Wildman–Crippen LogP) is 3.73. The van der Waals surface area contributed by atoms with Crippen LogP contribution in [0.2, 0.25) is 0 Å². The van der Waals surface area contributed by atoms with Gasteiger partial charge in [0.15, 0.2) is 0 Å². The Morgan fingerprint density at radius 1 is 1.08 bits per heavy atom. The Morgan fingerprint density at radius 2 is 1.81 bits per heavy atom. The highest BCUT2D eigenvalue weighted by Crippen LogP contribution is 2.19. The first kappa shape index (κ1) is 20.1. The molecule has 0 aliphatic carbocycles. The summed E-state index contributed by atoms with van der Waals surface area (Å²) in [4.78, 5) is 12.3. The predicted molar refractivity (Wildman–Crippen MR) is 105 cm³/mol. The molecule has 5 nitrogen and oxygen atoms in total. The molecule has 0 fully saturated rings. The maximum Gasteiger partial charge on any atom is 0.240 e. The topological polar surface area (TPSA) is 75.3 Å². The molecule has 0 aromatic heterocycles. The Kier molecular flexibility index (Phi) is 6.56. The molecule has 0 heterocycles. The summed E-state index contributed by atoms with van der Waals surface area (Å²) in [6, 6.07) is 12.9. The van der Waals surface area contributed by atoms with E-state index in [9.17, 15) is 13.2 Å². The summed E-state index contributed by atoms with van der Waals surface area (Å²) in [6.07, 6.45) is 0.0655. The maximum absolute atomic E-state index is 12.4. The summed E-state index contributed by atoms with van der Waals surface area (Å²) < 4.78 is 27.3. The van der Waals surface area contributed by atoms with Crippen LogP contribution in [0.1, 0.15) is 42.9 Å². The van der Waals surface area contributed by atoms with Crippen molar-refractivity contribution in [3.05, 3.63) is 59.2 Å². The number of benzene rings is 2. The number of amides is 1. The van der Waals surface area contributed by atoms with Gasteiger partial charge in [0, 0.05) is 18.7 Å². The molecule has 6 heteroatoms. The minimum Gasteiger partial charge on any atom is -0.326 e. The minimum atomic E-state index is -3.63. The lowest BCUT2D eigenvalue weighted by atomic mass is 10.0. The molecule has 0 aliphatic rings. The van der Waals surface area contributed by atoms with E-state index >= 15 is 0 Å². The average Bonchev–Trinajstić information content (AvgIpc) is 2.57. The molecular weight excluding hydrogens is 348 g/mol. The molecule has 0 aliphatic heterocycles. The zero-order valence-corrected chi connectivity index (χ0v) is 16.5. The second-order valence-electron chi connectivity index (χ2n) is 6.75. The van der Waals surface area contributed by atoms with E-state index < -0.39 is 10.0 Å². The van der Waals surface area contributed by atoms with Crippen molar-refractivity contribution in [2.24, 2.45) is 0 Å². The number of sulfonamides is 1. The number of carbonyl (C=O) groups is 1. The van der Waals surface area contributed by atoms with Gasteiger partial charge in [0.2, 0.25) is 15.9 Å². The molecule has 140 valence electrons. The summed E-state index contributed by atoms with van der Waals surface area (Å²) in [5.74, 6) is 0.144. The van der Waals surface area contributed by atoms with Gasteiger partial charge in [-0.1, -0.05) is 38.1 Å². The molecule has 0 atom stereocenters. The Labute approximate surface area is 155 Å². The highest BCUT2D eigenvalue weighted by Gasteiger charge is 2.17. The summed E-state index contributed by atoms with van der Waals surface area (Å²) in [5, 5.41) is 2.81. The molecule has 0 saturated heterocycles. The van der Waals surface area contributed by atoms with Gasteiger partial charge in [-0.2, -0.15) is 0 Å². The van der Waals surface area contributed by atoms with Crippen LogP contribution in [0.15, 0.2) is 47.4 Å². The van der Waals surface area contributed by atoms with Crippen LogP contribution in [0.5, 0.6) is 0 Å². The van der Waals surface area contributed by atoms with E-state index in [0.29, 0.717) is 11.5 Å². The van der Waals surface area contributed by atoms with Crippen molar-refractivity contribution in [1.82, 2.24) is 4.72 Å². The largest absolute Gasteiger partial charge is 0.326 e. The van der Waals surface area contributed by atoms with E-state index in [0.717, 1.165) is 16.8 Å². The molecular formula is C20H26N2O3S. The van der Waals surface area contributed by atoms with E-state index in [-0.39, 0.29) is 23.8 Å². The van der Waals surface area contributed by atoms with Crippen molar-refractivity contribution < 1.29 is 13.2 Å². The third-order valence-corrected chi connectivity index (χ3v) is 5.72. The first-order chi connectivity index (χ1) is 12.2. The van der Waals surface area contributed by atoms with E-state index in [4.69, 9.17) is 0 Å². The van der Waals surface area contributed by atoms with E-state index in [2.05, 4.69) is 23.9 Å². The fourth-order valence-electron chi connectivity index (χ4n) is 2.57. The lowest BCUT2D eigenvalue weighted by Crippen LogP contribution is -2.28. The monoisotopic (exact) mass is 374 g/mol.